The van der Waals surface area contributed by atoms with Crippen LogP contribution in [-0.2, 0) is 0 Å². The number of thiocarbonyl (C=S) groups is 1. The standard InChI is InChI=1S/C7H14N2OS/c8-7(11)6-2-1-3-9(6)4-5-10/h6,10H,1-5H2,(H2,8,11). The van der Waals surface area contributed by atoms with Crippen molar-refractivity contribution in [2.75, 3.05) is 19.7 Å². The van der Waals surface area contributed by atoms with Gasteiger partial charge < -0.3 is 10.8 Å². The summed E-state index contributed by atoms with van der Waals surface area (Å²) in [6.45, 7) is 1.91. The Morgan fingerprint density at radius 2 is 2.45 bits per heavy atom. The maximum absolute atomic E-state index is 8.70. The number of rotatable bonds is 3. The second-order valence-electron chi connectivity index (χ2n) is 2.82. The molecule has 11 heavy (non-hydrogen) atoms. The first-order valence-corrected chi connectivity index (χ1v) is 4.30. The molecule has 0 saturated carbocycles. The largest absolute Gasteiger partial charge is 0.395 e. The summed E-state index contributed by atoms with van der Waals surface area (Å²) in [5.74, 6) is 0. The molecule has 0 radical (unpaired) electrons. The first kappa shape index (κ1) is 8.90. The topological polar surface area (TPSA) is 49.5 Å². The minimum atomic E-state index is 0.194. The zero-order valence-electron chi connectivity index (χ0n) is 6.49. The molecule has 0 spiro atoms. The van der Waals surface area contributed by atoms with Gasteiger partial charge in [-0.25, -0.2) is 0 Å². The van der Waals surface area contributed by atoms with Crippen LogP contribution in [0.25, 0.3) is 0 Å². The van der Waals surface area contributed by atoms with Crippen LogP contribution in [0.1, 0.15) is 12.8 Å². The molecule has 4 heteroatoms. The predicted octanol–water partition coefficient (Wildman–Crippen LogP) is -0.271. The molecule has 1 fully saturated rings. The van der Waals surface area contributed by atoms with E-state index in [1.165, 1.54) is 0 Å². The van der Waals surface area contributed by atoms with Crippen molar-refractivity contribution in [2.24, 2.45) is 5.73 Å². The molecule has 1 saturated heterocycles. The average Bonchev–Trinajstić information content (AvgIpc) is 2.36. The molecule has 1 aliphatic heterocycles. The van der Waals surface area contributed by atoms with E-state index in [4.69, 9.17) is 23.1 Å². The Kier molecular flexibility index (Phi) is 3.23. The fourth-order valence-electron chi connectivity index (χ4n) is 1.54. The normalized spacial score (nSPS) is 25.7. The molecular formula is C7H14N2OS. The van der Waals surface area contributed by atoms with E-state index < -0.39 is 0 Å². The second kappa shape index (κ2) is 3.99. The molecule has 3 nitrogen and oxygen atoms in total. The average molecular weight is 174 g/mol. The molecule has 1 heterocycles. The van der Waals surface area contributed by atoms with Crippen molar-refractivity contribution >= 4 is 17.2 Å². The molecule has 3 N–H and O–H groups in total. The predicted molar refractivity (Wildman–Crippen MR) is 48.5 cm³/mol. The third-order valence-corrected chi connectivity index (χ3v) is 2.35. The van der Waals surface area contributed by atoms with Gasteiger partial charge in [-0.3, -0.25) is 4.90 Å². The summed E-state index contributed by atoms with van der Waals surface area (Å²) < 4.78 is 0. The Bertz CT molecular complexity index is 151. The first-order valence-electron chi connectivity index (χ1n) is 3.90. The summed E-state index contributed by atoms with van der Waals surface area (Å²) in [7, 11) is 0. The fraction of sp³-hybridized carbons (Fsp3) is 0.857. The van der Waals surface area contributed by atoms with Crippen LogP contribution in [0.2, 0.25) is 0 Å². The van der Waals surface area contributed by atoms with E-state index in [2.05, 4.69) is 4.90 Å². The van der Waals surface area contributed by atoms with Gasteiger partial charge in [0, 0.05) is 6.54 Å². The lowest BCUT2D eigenvalue weighted by atomic mass is 10.2. The van der Waals surface area contributed by atoms with Crippen LogP contribution in [0.4, 0.5) is 0 Å². The molecule has 0 amide bonds. The fourth-order valence-corrected chi connectivity index (χ4v) is 1.81. The van der Waals surface area contributed by atoms with Crippen molar-refractivity contribution in [3.05, 3.63) is 0 Å². The lowest BCUT2D eigenvalue weighted by molar-refractivity contribution is 0.207. The lowest BCUT2D eigenvalue weighted by Crippen LogP contribution is -2.40. The first-order chi connectivity index (χ1) is 5.25. The summed E-state index contributed by atoms with van der Waals surface area (Å²) in [5, 5.41) is 8.70. The summed E-state index contributed by atoms with van der Waals surface area (Å²) in [6.07, 6.45) is 2.19. The van der Waals surface area contributed by atoms with E-state index in [0.29, 0.717) is 11.5 Å². The van der Waals surface area contributed by atoms with Gasteiger partial charge in [0.25, 0.3) is 0 Å². The molecule has 0 aliphatic carbocycles. The van der Waals surface area contributed by atoms with Crippen molar-refractivity contribution in [2.45, 2.75) is 18.9 Å². The Morgan fingerprint density at radius 1 is 1.73 bits per heavy atom. The lowest BCUT2D eigenvalue weighted by Gasteiger charge is -2.21. The van der Waals surface area contributed by atoms with Gasteiger partial charge in [-0.1, -0.05) is 12.2 Å². The minimum Gasteiger partial charge on any atom is -0.395 e. The zero-order chi connectivity index (χ0) is 8.27. The molecule has 64 valence electrons. The van der Waals surface area contributed by atoms with Crippen LogP contribution in [0.3, 0.4) is 0 Å². The minimum absolute atomic E-state index is 0.194. The Hall–Kier alpha value is -0.190. The third kappa shape index (κ3) is 2.12. The second-order valence-corrected chi connectivity index (χ2v) is 3.29. The molecule has 0 aromatic heterocycles. The molecule has 1 rings (SSSR count). The van der Waals surface area contributed by atoms with Gasteiger partial charge in [-0.15, -0.1) is 0 Å². The van der Waals surface area contributed by atoms with Gasteiger partial charge in [0.05, 0.1) is 17.6 Å². The molecule has 1 atom stereocenters. The summed E-state index contributed by atoms with van der Waals surface area (Å²) in [5.41, 5.74) is 5.53. The van der Waals surface area contributed by atoms with E-state index in [0.717, 1.165) is 19.4 Å². The third-order valence-electron chi connectivity index (χ3n) is 2.08. The van der Waals surface area contributed by atoms with Gasteiger partial charge in [-0.05, 0) is 19.4 Å². The monoisotopic (exact) mass is 174 g/mol. The maximum atomic E-state index is 8.70. The number of β-amino-alcohol motifs (C(OH)–C–C–N with tert-alkyl or cyclic N) is 1. The van der Waals surface area contributed by atoms with E-state index >= 15 is 0 Å². The highest BCUT2D eigenvalue weighted by atomic mass is 32.1. The Morgan fingerprint density at radius 3 is 3.00 bits per heavy atom. The molecular weight excluding hydrogens is 160 g/mol. The van der Waals surface area contributed by atoms with Crippen LogP contribution >= 0.6 is 12.2 Å². The van der Waals surface area contributed by atoms with Crippen LogP contribution in [0, 0.1) is 0 Å². The van der Waals surface area contributed by atoms with Gasteiger partial charge in [-0.2, -0.15) is 0 Å². The SMILES string of the molecule is NC(=S)C1CCCN1CCO. The molecule has 0 bridgehead atoms. The van der Waals surface area contributed by atoms with Crippen LogP contribution < -0.4 is 5.73 Å². The van der Waals surface area contributed by atoms with Crippen molar-refractivity contribution in [3.63, 3.8) is 0 Å². The number of hydrogen-bond donors (Lipinski definition) is 2. The van der Waals surface area contributed by atoms with Crippen LogP contribution in [0.15, 0.2) is 0 Å². The van der Waals surface area contributed by atoms with Crippen molar-refractivity contribution in [1.29, 1.82) is 0 Å². The van der Waals surface area contributed by atoms with Gasteiger partial charge in [0.15, 0.2) is 0 Å². The summed E-state index contributed by atoms with van der Waals surface area (Å²) >= 11 is 4.90. The number of nitrogens with two attached hydrogens (primary N) is 1. The number of hydrogen-bond acceptors (Lipinski definition) is 3. The maximum Gasteiger partial charge on any atom is 0.0902 e. The highest BCUT2D eigenvalue weighted by Crippen LogP contribution is 2.16. The smallest absolute Gasteiger partial charge is 0.0902 e. The highest BCUT2D eigenvalue weighted by Gasteiger charge is 2.25. The number of aliphatic hydroxyl groups is 1. The van der Waals surface area contributed by atoms with Crippen molar-refractivity contribution in [1.82, 2.24) is 4.90 Å². The molecule has 0 aromatic carbocycles. The number of likely N-dealkylation sites (tertiary alicyclic amines) is 1. The quantitative estimate of drug-likeness (QED) is 0.578. The van der Waals surface area contributed by atoms with Crippen LogP contribution in [0.5, 0.6) is 0 Å². The van der Waals surface area contributed by atoms with E-state index in [1.54, 1.807) is 0 Å². The molecule has 1 unspecified atom stereocenters. The van der Waals surface area contributed by atoms with Crippen molar-refractivity contribution < 1.29 is 5.11 Å². The Balaban J connectivity index is 2.44. The van der Waals surface area contributed by atoms with E-state index in [-0.39, 0.29) is 12.6 Å². The number of aliphatic hydroxyl groups excluding tert-OH is 1. The van der Waals surface area contributed by atoms with Gasteiger partial charge >= 0.3 is 0 Å². The highest BCUT2D eigenvalue weighted by molar-refractivity contribution is 7.80. The van der Waals surface area contributed by atoms with Gasteiger partial charge in [0.2, 0.25) is 0 Å². The molecule has 0 aromatic rings. The number of nitrogens with zero attached hydrogens (tertiary/aromatic N) is 1. The van der Waals surface area contributed by atoms with E-state index in [9.17, 15) is 0 Å². The summed E-state index contributed by atoms with van der Waals surface area (Å²) in [6, 6.07) is 0.233. The Labute approximate surface area is 72.2 Å². The van der Waals surface area contributed by atoms with E-state index in [1.807, 2.05) is 0 Å². The van der Waals surface area contributed by atoms with Gasteiger partial charge in [0.1, 0.15) is 0 Å². The zero-order valence-corrected chi connectivity index (χ0v) is 7.31. The van der Waals surface area contributed by atoms with Crippen LogP contribution in [-0.4, -0.2) is 40.7 Å². The summed E-state index contributed by atoms with van der Waals surface area (Å²) in [4.78, 5) is 2.71. The molecule has 1 aliphatic rings. The van der Waals surface area contributed by atoms with Crippen molar-refractivity contribution in [3.8, 4) is 0 Å².